The molecule has 0 amide bonds. The number of nitrogens with one attached hydrogen (secondary N) is 1. The van der Waals surface area contributed by atoms with Crippen LogP contribution in [0.25, 0.3) is 0 Å². The molecule has 0 radical (unpaired) electrons. The van der Waals surface area contributed by atoms with Crippen molar-refractivity contribution in [3.63, 3.8) is 0 Å². The number of fused-ring (bicyclic) bond motifs is 1. The quantitative estimate of drug-likeness (QED) is 0.669. The molecular formula is C7H10BrNS. The van der Waals surface area contributed by atoms with Crippen LogP contribution in [0.3, 0.4) is 0 Å². The van der Waals surface area contributed by atoms with E-state index in [1.165, 1.54) is 23.3 Å². The summed E-state index contributed by atoms with van der Waals surface area (Å²) in [5, 5.41) is 4.26. The van der Waals surface area contributed by atoms with Gasteiger partial charge in [-0.1, -0.05) is 6.08 Å². The average molecular weight is 220 g/mol. The zero-order valence-corrected chi connectivity index (χ0v) is 8.04. The van der Waals surface area contributed by atoms with E-state index in [2.05, 4.69) is 27.3 Å². The van der Waals surface area contributed by atoms with Crippen LogP contribution in [0.15, 0.2) is 9.89 Å². The zero-order chi connectivity index (χ0) is 6.97. The molecule has 2 heterocycles. The van der Waals surface area contributed by atoms with Gasteiger partial charge in [-0.25, -0.2) is 0 Å². The Morgan fingerprint density at radius 1 is 1.70 bits per heavy atom. The number of rotatable bonds is 0. The highest BCUT2D eigenvalue weighted by Gasteiger charge is 2.29. The fraction of sp³-hybridized carbons (Fsp3) is 0.714. The standard InChI is InChI=1S/C7H10BrNS/c8-7-3-5-4-9-2-1-6(5)10-7/h3,5-6,9H,1-2,4H2/t5-,6-/m1/s1. The molecule has 1 saturated heterocycles. The molecule has 2 atom stereocenters. The second-order valence-electron chi connectivity index (χ2n) is 2.78. The van der Waals surface area contributed by atoms with E-state index in [4.69, 9.17) is 0 Å². The Hall–Kier alpha value is 0.530. The van der Waals surface area contributed by atoms with Gasteiger partial charge in [0.05, 0.1) is 0 Å². The molecule has 0 unspecified atom stereocenters. The Morgan fingerprint density at radius 3 is 3.40 bits per heavy atom. The Kier molecular flexibility index (Phi) is 2.07. The SMILES string of the molecule is BrC1=C[C@@H]2CNCC[C@H]2S1. The first-order chi connectivity index (χ1) is 4.86. The smallest absolute Gasteiger partial charge is 0.0469 e. The van der Waals surface area contributed by atoms with E-state index in [9.17, 15) is 0 Å². The molecule has 2 aliphatic rings. The molecule has 56 valence electrons. The van der Waals surface area contributed by atoms with Crippen molar-refractivity contribution in [2.75, 3.05) is 13.1 Å². The van der Waals surface area contributed by atoms with Crippen LogP contribution < -0.4 is 5.32 Å². The van der Waals surface area contributed by atoms with Crippen molar-refractivity contribution in [3.8, 4) is 0 Å². The van der Waals surface area contributed by atoms with E-state index in [1.807, 2.05) is 11.8 Å². The Morgan fingerprint density at radius 2 is 2.60 bits per heavy atom. The second kappa shape index (κ2) is 2.88. The molecule has 1 N–H and O–H groups in total. The van der Waals surface area contributed by atoms with Crippen molar-refractivity contribution in [2.24, 2.45) is 5.92 Å². The highest BCUT2D eigenvalue weighted by atomic mass is 79.9. The third kappa shape index (κ3) is 1.27. The summed E-state index contributed by atoms with van der Waals surface area (Å²) >= 11 is 5.51. The van der Waals surface area contributed by atoms with Gasteiger partial charge in [0, 0.05) is 21.5 Å². The molecule has 0 saturated carbocycles. The fourth-order valence-electron chi connectivity index (χ4n) is 1.52. The Bertz CT molecular complexity index is 169. The lowest BCUT2D eigenvalue weighted by Gasteiger charge is -2.24. The molecule has 10 heavy (non-hydrogen) atoms. The first-order valence-electron chi connectivity index (χ1n) is 3.61. The monoisotopic (exact) mass is 219 g/mol. The summed E-state index contributed by atoms with van der Waals surface area (Å²) in [6.07, 6.45) is 3.66. The van der Waals surface area contributed by atoms with Crippen LogP contribution in [0, 0.1) is 5.92 Å². The van der Waals surface area contributed by atoms with Crippen LogP contribution in [-0.4, -0.2) is 18.3 Å². The number of hydrogen-bond acceptors (Lipinski definition) is 2. The number of thioether (sulfide) groups is 1. The van der Waals surface area contributed by atoms with Crippen molar-refractivity contribution in [2.45, 2.75) is 11.7 Å². The number of hydrogen-bond donors (Lipinski definition) is 1. The minimum absolute atomic E-state index is 0.785. The van der Waals surface area contributed by atoms with E-state index in [0.717, 1.165) is 11.2 Å². The topological polar surface area (TPSA) is 12.0 Å². The predicted octanol–water partition coefficient (Wildman–Crippen LogP) is 1.95. The normalized spacial score (nSPS) is 39.1. The minimum Gasteiger partial charge on any atom is -0.316 e. The van der Waals surface area contributed by atoms with Crippen LogP contribution in [0.5, 0.6) is 0 Å². The molecule has 0 aromatic heterocycles. The highest BCUT2D eigenvalue weighted by Crippen LogP contribution is 2.42. The van der Waals surface area contributed by atoms with E-state index >= 15 is 0 Å². The van der Waals surface area contributed by atoms with Gasteiger partial charge in [0.2, 0.25) is 0 Å². The van der Waals surface area contributed by atoms with Gasteiger partial charge in [-0.15, -0.1) is 11.8 Å². The number of piperidine rings is 1. The maximum absolute atomic E-state index is 3.52. The van der Waals surface area contributed by atoms with Gasteiger partial charge in [-0.3, -0.25) is 0 Å². The van der Waals surface area contributed by atoms with Crippen LogP contribution in [0.4, 0.5) is 0 Å². The maximum Gasteiger partial charge on any atom is 0.0469 e. The van der Waals surface area contributed by atoms with E-state index in [0.29, 0.717) is 0 Å². The summed E-state index contributed by atoms with van der Waals surface area (Å²) in [6, 6.07) is 0. The summed E-state index contributed by atoms with van der Waals surface area (Å²) in [4.78, 5) is 0. The van der Waals surface area contributed by atoms with Crippen molar-refractivity contribution in [1.82, 2.24) is 5.32 Å². The molecule has 0 aliphatic carbocycles. The fourth-order valence-corrected chi connectivity index (χ4v) is 3.71. The van der Waals surface area contributed by atoms with Crippen LogP contribution >= 0.6 is 27.7 Å². The molecule has 0 spiro atoms. The molecule has 0 aromatic rings. The molecule has 0 bridgehead atoms. The lowest BCUT2D eigenvalue weighted by molar-refractivity contribution is 0.456. The second-order valence-corrected chi connectivity index (χ2v) is 5.44. The summed E-state index contributed by atoms with van der Waals surface area (Å²) in [6.45, 7) is 2.37. The van der Waals surface area contributed by atoms with Gasteiger partial charge in [-0.05, 0) is 28.9 Å². The molecule has 3 heteroatoms. The average Bonchev–Trinajstić information content (AvgIpc) is 2.27. The van der Waals surface area contributed by atoms with E-state index < -0.39 is 0 Å². The van der Waals surface area contributed by atoms with Crippen molar-refractivity contribution in [3.05, 3.63) is 9.89 Å². The first kappa shape index (κ1) is 7.19. The van der Waals surface area contributed by atoms with Crippen LogP contribution in [0.2, 0.25) is 0 Å². The predicted molar refractivity (Wildman–Crippen MR) is 49.4 cm³/mol. The number of halogens is 1. The van der Waals surface area contributed by atoms with Crippen molar-refractivity contribution >= 4 is 27.7 Å². The summed E-state index contributed by atoms with van der Waals surface area (Å²) in [7, 11) is 0. The Balaban J connectivity index is 2.06. The van der Waals surface area contributed by atoms with Gasteiger partial charge in [0.15, 0.2) is 0 Å². The molecule has 1 nitrogen and oxygen atoms in total. The molecule has 1 fully saturated rings. The van der Waals surface area contributed by atoms with E-state index in [-0.39, 0.29) is 0 Å². The lowest BCUT2D eigenvalue weighted by Crippen LogP contribution is -2.35. The van der Waals surface area contributed by atoms with Gasteiger partial charge >= 0.3 is 0 Å². The largest absolute Gasteiger partial charge is 0.316 e. The van der Waals surface area contributed by atoms with Gasteiger partial charge in [0.1, 0.15) is 0 Å². The molecular weight excluding hydrogens is 210 g/mol. The third-order valence-electron chi connectivity index (χ3n) is 2.07. The third-order valence-corrected chi connectivity index (χ3v) is 4.15. The molecule has 0 aromatic carbocycles. The summed E-state index contributed by atoms with van der Waals surface area (Å²) in [5.41, 5.74) is 0. The lowest BCUT2D eigenvalue weighted by atomic mass is 10.00. The van der Waals surface area contributed by atoms with Gasteiger partial charge < -0.3 is 5.32 Å². The Labute approximate surface area is 73.8 Å². The summed E-state index contributed by atoms with van der Waals surface area (Å²) in [5.74, 6) is 0.785. The molecule has 2 aliphatic heterocycles. The first-order valence-corrected chi connectivity index (χ1v) is 5.28. The highest BCUT2D eigenvalue weighted by molar-refractivity contribution is 9.14. The van der Waals surface area contributed by atoms with Gasteiger partial charge in [0.25, 0.3) is 0 Å². The molecule has 2 rings (SSSR count). The summed E-state index contributed by atoms with van der Waals surface area (Å²) < 4.78 is 1.34. The zero-order valence-electron chi connectivity index (χ0n) is 5.64. The van der Waals surface area contributed by atoms with Crippen LogP contribution in [0.1, 0.15) is 6.42 Å². The maximum atomic E-state index is 3.52. The van der Waals surface area contributed by atoms with Crippen molar-refractivity contribution in [1.29, 1.82) is 0 Å². The van der Waals surface area contributed by atoms with Crippen molar-refractivity contribution < 1.29 is 0 Å². The van der Waals surface area contributed by atoms with E-state index in [1.54, 1.807) is 0 Å². The van der Waals surface area contributed by atoms with Gasteiger partial charge in [-0.2, -0.15) is 0 Å². The van der Waals surface area contributed by atoms with Crippen LogP contribution in [-0.2, 0) is 0 Å². The minimum atomic E-state index is 0.785.